The Labute approximate surface area is 262 Å². The molecule has 0 saturated carbocycles. The number of ether oxygens (including phenoxy) is 1. The van der Waals surface area contributed by atoms with E-state index in [4.69, 9.17) is 9.72 Å². The molecule has 0 atom stereocenters. The molecule has 0 saturated heterocycles. The Morgan fingerprint density at radius 1 is 0.500 bits per heavy atom. The van der Waals surface area contributed by atoms with Crippen LogP contribution in [0.15, 0.2) is 140 Å². The van der Waals surface area contributed by atoms with E-state index in [1.54, 1.807) is 0 Å². The Morgan fingerprint density at radius 2 is 1.18 bits per heavy atom. The summed E-state index contributed by atoms with van der Waals surface area (Å²) < 4.78 is 11.9. The van der Waals surface area contributed by atoms with Gasteiger partial charge in [0.1, 0.15) is 12.1 Å². The van der Waals surface area contributed by atoms with Crippen LogP contribution in [0.3, 0.4) is 0 Å². The Kier molecular flexibility index (Phi) is 5.96. The quantitative estimate of drug-likeness (QED) is 0.196. The summed E-state index contributed by atoms with van der Waals surface area (Å²) in [4.78, 5) is 5.00. The van der Waals surface area contributed by atoms with E-state index in [9.17, 15) is 0 Å². The topological polar surface area (TPSA) is 22.1 Å². The first-order valence-corrected chi connectivity index (χ1v) is 16.4. The molecule has 0 N–H and O–H groups in total. The summed E-state index contributed by atoms with van der Waals surface area (Å²) in [6, 6.07) is 47.7. The summed E-state index contributed by atoms with van der Waals surface area (Å²) in [6.45, 7) is 0.464. The maximum atomic E-state index is 6.79. The van der Waals surface area contributed by atoms with E-state index < -0.39 is 0 Å². The smallest absolute Gasteiger partial charge is 0.153 e. The van der Waals surface area contributed by atoms with Crippen LogP contribution in [0.5, 0.6) is 5.75 Å². The van der Waals surface area contributed by atoms with E-state index in [-0.39, 0.29) is 0 Å². The molecule has 0 spiro atoms. The monoisotopic (exact) mass is 599 g/mol. The average Bonchev–Trinajstić information content (AvgIpc) is 3.66. The van der Waals surface area contributed by atoms with E-state index in [2.05, 4.69) is 121 Å². The molecule has 9 rings (SSSR count). The number of hydrogen-bond acceptors (Lipinski definition) is 4. The van der Waals surface area contributed by atoms with Crippen LogP contribution < -0.4 is 4.74 Å². The van der Waals surface area contributed by atoms with E-state index in [0.29, 0.717) is 6.61 Å². The van der Waals surface area contributed by atoms with Crippen molar-refractivity contribution in [1.29, 1.82) is 0 Å². The van der Waals surface area contributed by atoms with Crippen LogP contribution in [0.25, 0.3) is 73.5 Å². The number of thiophene rings is 2. The lowest BCUT2D eigenvalue weighted by molar-refractivity contribution is 0.311. The van der Waals surface area contributed by atoms with Crippen LogP contribution in [-0.4, -0.2) is 4.98 Å². The lowest BCUT2D eigenvalue weighted by atomic mass is 9.91. The Balaban J connectivity index is 1.37. The lowest BCUT2D eigenvalue weighted by Gasteiger charge is -2.18. The van der Waals surface area contributed by atoms with Crippen LogP contribution in [0.1, 0.15) is 5.56 Å². The van der Waals surface area contributed by atoms with Gasteiger partial charge in [0.25, 0.3) is 0 Å². The summed E-state index contributed by atoms with van der Waals surface area (Å²) in [5.74, 6) is 0.820. The Bertz CT molecular complexity index is 2510. The molecule has 9 aromatic rings. The van der Waals surface area contributed by atoms with Crippen LogP contribution in [0, 0.1) is 0 Å². The number of fused-ring (bicyclic) bond motifs is 7. The molecule has 0 radical (unpaired) electrons. The third kappa shape index (κ3) is 4.03. The van der Waals surface area contributed by atoms with Gasteiger partial charge in [0.05, 0.1) is 0 Å². The minimum absolute atomic E-state index is 0.464. The molecule has 6 aromatic carbocycles. The second-order valence-electron chi connectivity index (χ2n) is 11.0. The largest absolute Gasteiger partial charge is 0.486 e. The summed E-state index contributed by atoms with van der Waals surface area (Å²) in [5, 5.41) is 6.23. The van der Waals surface area contributed by atoms with Gasteiger partial charge in [-0.2, -0.15) is 0 Å². The molecule has 0 aliphatic rings. The predicted octanol–water partition coefficient (Wildman–Crippen LogP) is 11.9. The first-order valence-electron chi connectivity index (χ1n) is 14.7. The molecule has 3 aromatic heterocycles. The normalized spacial score (nSPS) is 11.7. The van der Waals surface area contributed by atoms with Crippen molar-refractivity contribution in [3.63, 3.8) is 0 Å². The summed E-state index contributed by atoms with van der Waals surface area (Å²) >= 11 is 3.70. The van der Waals surface area contributed by atoms with Gasteiger partial charge in [-0.15, -0.1) is 22.7 Å². The number of aromatic nitrogens is 1. The van der Waals surface area contributed by atoms with E-state index in [1.165, 1.54) is 57.0 Å². The van der Waals surface area contributed by atoms with Crippen molar-refractivity contribution in [3.8, 4) is 28.0 Å². The van der Waals surface area contributed by atoms with Crippen LogP contribution in [0.4, 0.5) is 0 Å². The van der Waals surface area contributed by atoms with Crippen molar-refractivity contribution < 1.29 is 4.74 Å². The van der Waals surface area contributed by atoms with E-state index in [0.717, 1.165) is 27.8 Å². The fraction of sp³-hybridized carbons (Fsp3) is 0.0250. The molecular weight excluding hydrogens is 575 g/mol. The highest BCUT2D eigenvalue weighted by molar-refractivity contribution is 7.26. The first kappa shape index (κ1) is 25.5. The van der Waals surface area contributed by atoms with Crippen molar-refractivity contribution in [2.24, 2.45) is 0 Å². The highest BCUT2D eigenvalue weighted by Crippen LogP contribution is 2.49. The summed E-state index contributed by atoms with van der Waals surface area (Å²) in [6.07, 6.45) is 1.88. The average molecular weight is 600 g/mol. The van der Waals surface area contributed by atoms with Gasteiger partial charge < -0.3 is 4.74 Å². The van der Waals surface area contributed by atoms with Crippen LogP contribution in [-0.2, 0) is 6.61 Å². The van der Waals surface area contributed by atoms with Gasteiger partial charge in [0, 0.05) is 63.1 Å². The van der Waals surface area contributed by atoms with Crippen molar-refractivity contribution >= 4 is 73.9 Å². The third-order valence-corrected chi connectivity index (χ3v) is 10.8. The SMILES string of the molecule is c1ccc(COc2c(-c3cccc4c3sc3ccccc34)cc(-c3cccc4sc5ccccc5c34)c3cccnc23)cc1. The van der Waals surface area contributed by atoms with Crippen molar-refractivity contribution in [3.05, 3.63) is 145 Å². The lowest BCUT2D eigenvalue weighted by Crippen LogP contribution is -2.00. The minimum atomic E-state index is 0.464. The van der Waals surface area contributed by atoms with Gasteiger partial charge in [0.2, 0.25) is 0 Å². The minimum Gasteiger partial charge on any atom is -0.486 e. The summed E-state index contributed by atoms with van der Waals surface area (Å²) in [5.41, 5.74) is 6.63. The first-order chi connectivity index (χ1) is 21.8. The summed E-state index contributed by atoms with van der Waals surface area (Å²) in [7, 11) is 0. The molecule has 0 unspecified atom stereocenters. The van der Waals surface area contributed by atoms with Gasteiger partial charge in [-0.25, -0.2) is 0 Å². The number of pyridine rings is 1. The van der Waals surface area contributed by atoms with Crippen molar-refractivity contribution in [1.82, 2.24) is 4.98 Å². The molecule has 0 aliphatic heterocycles. The maximum absolute atomic E-state index is 6.79. The molecular formula is C40H25NOS2. The van der Waals surface area contributed by atoms with Crippen molar-refractivity contribution in [2.75, 3.05) is 0 Å². The molecule has 2 nitrogen and oxygen atoms in total. The van der Waals surface area contributed by atoms with Gasteiger partial charge in [-0.3, -0.25) is 4.98 Å². The molecule has 4 heteroatoms. The second-order valence-corrected chi connectivity index (χ2v) is 13.2. The standard InChI is InChI=1S/C40H25NOS2/c1-2-11-25(12-3-1)24-42-39-33(30-17-8-16-29-26-13-4-6-19-34(26)44-40(29)30)23-32(28-18-10-22-41-38(28)39)27-15-9-21-36-37(27)31-14-5-7-20-35(31)43-36/h1-23H,24H2. The molecule has 208 valence electrons. The third-order valence-electron chi connectivity index (χ3n) is 8.46. The number of benzene rings is 6. The Hall–Kier alpha value is -5.03. The van der Waals surface area contributed by atoms with Gasteiger partial charge in [0.15, 0.2) is 5.75 Å². The molecule has 0 amide bonds. The van der Waals surface area contributed by atoms with E-state index in [1.807, 2.05) is 41.0 Å². The predicted molar refractivity (Wildman–Crippen MR) is 189 cm³/mol. The Morgan fingerprint density at radius 3 is 2.07 bits per heavy atom. The highest BCUT2D eigenvalue weighted by Gasteiger charge is 2.22. The second kappa shape index (κ2) is 10.3. The fourth-order valence-corrected chi connectivity index (χ4v) is 8.84. The number of nitrogens with zero attached hydrogens (tertiary/aromatic N) is 1. The van der Waals surface area contributed by atoms with Gasteiger partial charge in [-0.05, 0) is 47.0 Å². The zero-order valence-electron chi connectivity index (χ0n) is 23.7. The van der Waals surface area contributed by atoms with Crippen molar-refractivity contribution in [2.45, 2.75) is 6.61 Å². The maximum Gasteiger partial charge on any atom is 0.153 e. The fourth-order valence-electron chi connectivity index (χ4n) is 6.48. The number of hydrogen-bond donors (Lipinski definition) is 0. The zero-order chi connectivity index (χ0) is 29.0. The molecule has 0 fully saturated rings. The van der Waals surface area contributed by atoms with Gasteiger partial charge in [-0.1, -0.05) is 103 Å². The van der Waals surface area contributed by atoms with Crippen LogP contribution >= 0.6 is 22.7 Å². The van der Waals surface area contributed by atoms with Gasteiger partial charge >= 0.3 is 0 Å². The highest BCUT2D eigenvalue weighted by atomic mass is 32.1. The molecule has 0 bridgehead atoms. The molecule has 44 heavy (non-hydrogen) atoms. The van der Waals surface area contributed by atoms with E-state index >= 15 is 0 Å². The molecule has 0 aliphatic carbocycles. The molecule has 3 heterocycles. The van der Waals surface area contributed by atoms with Crippen LogP contribution in [0.2, 0.25) is 0 Å². The zero-order valence-corrected chi connectivity index (χ0v) is 25.3. The number of rotatable bonds is 5.